The molecule has 14 heavy (non-hydrogen) atoms. The van der Waals surface area contributed by atoms with Crippen molar-refractivity contribution in [3.8, 4) is 5.75 Å². The molecular formula is C8H4Cl4O2. The molecule has 1 aromatic rings. The number of carbonyl (C=O) groups is 1. The highest BCUT2D eigenvalue weighted by atomic mass is 35.5. The van der Waals surface area contributed by atoms with Crippen LogP contribution in [0.25, 0.3) is 0 Å². The summed E-state index contributed by atoms with van der Waals surface area (Å²) in [5.41, 5.74) is 0. The van der Waals surface area contributed by atoms with E-state index < -0.39 is 5.97 Å². The maximum Gasteiger partial charge on any atom is 0.308 e. The van der Waals surface area contributed by atoms with Crippen molar-refractivity contribution in [2.75, 3.05) is 0 Å². The third kappa shape index (κ3) is 2.45. The molecule has 1 rings (SSSR count). The Morgan fingerprint density at radius 1 is 1.14 bits per heavy atom. The summed E-state index contributed by atoms with van der Waals surface area (Å²) in [6.45, 7) is 1.23. The fraction of sp³-hybridized carbons (Fsp3) is 0.125. The summed E-state index contributed by atoms with van der Waals surface area (Å²) in [5, 5.41) is 0.477. The number of carbonyl (C=O) groups excluding carboxylic acids is 1. The normalized spacial score (nSPS) is 10.1. The van der Waals surface area contributed by atoms with E-state index in [0.29, 0.717) is 0 Å². The molecule has 1 aromatic carbocycles. The van der Waals surface area contributed by atoms with Crippen LogP contribution in [0.15, 0.2) is 6.07 Å². The lowest BCUT2D eigenvalue weighted by atomic mass is 10.3. The Morgan fingerprint density at radius 2 is 1.71 bits per heavy atom. The topological polar surface area (TPSA) is 26.3 Å². The lowest BCUT2D eigenvalue weighted by molar-refractivity contribution is -0.131. The molecule has 0 heterocycles. The van der Waals surface area contributed by atoms with E-state index in [-0.39, 0.29) is 25.8 Å². The van der Waals surface area contributed by atoms with Gasteiger partial charge in [-0.15, -0.1) is 0 Å². The first kappa shape index (κ1) is 11.9. The first-order valence-electron chi connectivity index (χ1n) is 3.45. The minimum absolute atomic E-state index is 0.0234. The molecule has 0 aliphatic rings. The number of halogens is 4. The molecule has 2 nitrogen and oxygen atoms in total. The van der Waals surface area contributed by atoms with Crippen LogP contribution in [0, 0.1) is 0 Å². The molecule has 0 unspecified atom stereocenters. The number of rotatable bonds is 1. The van der Waals surface area contributed by atoms with Crippen LogP contribution in [0.1, 0.15) is 6.92 Å². The van der Waals surface area contributed by atoms with Gasteiger partial charge in [0.05, 0.1) is 15.1 Å². The monoisotopic (exact) mass is 272 g/mol. The van der Waals surface area contributed by atoms with Crippen molar-refractivity contribution in [3.63, 3.8) is 0 Å². The van der Waals surface area contributed by atoms with Crippen LogP contribution in [0.4, 0.5) is 0 Å². The Morgan fingerprint density at radius 3 is 2.21 bits per heavy atom. The molecule has 0 aliphatic heterocycles. The van der Waals surface area contributed by atoms with Crippen molar-refractivity contribution < 1.29 is 9.53 Å². The minimum atomic E-state index is -0.535. The van der Waals surface area contributed by atoms with E-state index in [9.17, 15) is 4.79 Å². The van der Waals surface area contributed by atoms with Gasteiger partial charge in [-0.05, 0) is 6.07 Å². The molecule has 76 valence electrons. The van der Waals surface area contributed by atoms with Gasteiger partial charge in [0.15, 0.2) is 5.75 Å². The highest BCUT2D eigenvalue weighted by Crippen LogP contribution is 2.42. The third-order valence-electron chi connectivity index (χ3n) is 1.32. The standard InChI is InChI=1S/C8H4Cl4O2/c1-3(13)14-8-5(10)2-4(9)6(11)7(8)12/h2H,1H3. The molecular weight excluding hydrogens is 270 g/mol. The maximum absolute atomic E-state index is 10.7. The zero-order chi connectivity index (χ0) is 10.9. The summed E-state index contributed by atoms with van der Waals surface area (Å²) >= 11 is 22.9. The van der Waals surface area contributed by atoms with Crippen LogP contribution in [0.3, 0.4) is 0 Å². The second-order valence-corrected chi connectivity index (χ2v) is 3.96. The average Bonchev–Trinajstić information content (AvgIpc) is 2.09. The lowest BCUT2D eigenvalue weighted by Gasteiger charge is -2.08. The van der Waals surface area contributed by atoms with E-state index in [1.54, 1.807) is 0 Å². The van der Waals surface area contributed by atoms with E-state index >= 15 is 0 Å². The van der Waals surface area contributed by atoms with E-state index in [0.717, 1.165) is 0 Å². The number of esters is 1. The summed E-state index contributed by atoms with van der Waals surface area (Å²) < 4.78 is 4.77. The van der Waals surface area contributed by atoms with Crippen molar-refractivity contribution in [3.05, 3.63) is 26.2 Å². The number of hydrogen-bond acceptors (Lipinski definition) is 2. The minimum Gasteiger partial charge on any atom is -0.423 e. The van der Waals surface area contributed by atoms with Crippen LogP contribution in [-0.4, -0.2) is 5.97 Å². The molecule has 6 heteroatoms. The molecule has 0 saturated heterocycles. The predicted octanol–water partition coefficient (Wildman–Crippen LogP) is 4.23. The third-order valence-corrected chi connectivity index (χ3v) is 2.84. The molecule has 0 spiro atoms. The Labute approximate surface area is 101 Å². The SMILES string of the molecule is CC(=O)Oc1c(Cl)cc(Cl)c(Cl)c1Cl. The summed E-state index contributed by atoms with van der Waals surface area (Å²) in [5.74, 6) is -0.512. The molecule has 0 saturated carbocycles. The van der Waals surface area contributed by atoms with Gasteiger partial charge in [0.25, 0.3) is 0 Å². The van der Waals surface area contributed by atoms with Crippen LogP contribution in [0.5, 0.6) is 5.75 Å². The number of benzene rings is 1. The Bertz CT molecular complexity index is 389. The first-order chi connectivity index (χ1) is 6.43. The maximum atomic E-state index is 10.7. The van der Waals surface area contributed by atoms with Crippen LogP contribution in [0.2, 0.25) is 20.1 Å². The largest absolute Gasteiger partial charge is 0.423 e. The summed E-state index contributed by atoms with van der Waals surface area (Å²) in [6, 6.07) is 1.36. The lowest BCUT2D eigenvalue weighted by Crippen LogP contribution is -2.02. The highest BCUT2D eigenvalue weighted by Gasteiger charge is 2.16. The van der Waals surface area contributed by atoms with E-state index in [1.165, 1.54) is 13.0 Å². The fourth-order valence-electron chi connectivity index (χ4n) is 0.787. The second-order valence-electron chi connectivity index (χ2n) is 2.39. The van der Waals surface area contributed by atoms with Gasteiger partial charge < -0.3 is 4.74 Å². The van der Waals surface area contributed by atoms with Crippen molar-refractivity contribution in [1.29, 1.82) is 0 Å². The molecule has 0 aromatic heterocycles. The zero-order valence-electron chi connectivity index (χ0n) is 6.91. The van der Waals surface area contributed by atoms with Crippen LogP contribution in [-0.2, 0) is 4.79 Å². The Hall–Kier alpha value is -0.150. The molecule has 0 aliphatic carbocycles. The fourth-order valence-corrected chi connectivity index (χ4v) is 1.77. The average molecular weight is 274 g/mol. The molecule has 0 atom stereocenters. The number of ether oxygens (including phenoxy) is 1. The Balaban J connectivity index is 3.29. The van der Waals surface area contributed by atoms with Crippen molar-refractivity contribution in [2.45, 2.75) is 6.92 Å². The van der Waals surface area contributed by atoms with E-state index in [1.807, 2.05) is 0 Å². The summed E-state index contributed by atoms with van der Waals surface area (Å²) in [6.07, 6.45) is 0. The summed E-state index contributed by atoms with van der Waals surface area (Å²) in [4.78, 5) is 10.7. The Kier molecular flexibility index (Phi) is 3.90. The van der Waals surface area contributed by atoms with E-state index in [2.05, 4.69) is 0 Å². The predicted molar refractivity (Wildman–Crippen MR) is 57.8 cm³/mol. The van der Waals surface area contributed by atoms with Crippen LogP contribution >= 0.6 is 46.4 Å². The molecule has 0 bridgehead atoms. The summed E-state index contributed by atoms with van der Waals surface area (Å²) in [7, 11) is 0. The van der Waals surface area contributed by atoms with Gasteiger partial charge in [0.1, 0.15) is 5.02 Å². The molecule has 0 fully saturated rings. The highest BCUT2D eigenvalue weighted by molar-refractivity contribution is 6.50. The van der Waals surface area contributed by atoms with Gasteiger partial charge in [-0.25, -0.2) is 0 Å². The quantitative estimate of drug-likeness (QED) is 0.331. The van der Waals surface area contributed by atoms with Crippen molar-refractivity contribution >= 4 is 52.4 Å². The second kappa shape index (κ2) is 4.58. The molecule has 0 N–H and O–H groups in total. The van der Waals surface area contributed by atoms with Gasteiger partial charge in [-0.2, -0.15) is 0 Å². The van der Waals surface area contributed by atoms with Gasteiger partial charge in [-0.1, -0.05) is 46.4 Å². The van der Waals surface area contributed by atoms with Crippen molar-refractivity contribution in [1.82, 2.24) is 0 Å². The first-order valence-corrected chi connectivity index (χ1v) is 4.96. The van der Waals surface area contributed by atoms with Gasteiger partial charge in [0, 0.05) is 6.92 Å². The number of hydrogen-bond donors (Lipinski definition) is 0. The van der Waals surface area contributed by atoms with Crippen molar-refractivity contribution in [2.24, 2.45) is 0 Å². The zero-order valence-corrected chi connectivity index (χ0v) is 9.93. The van der Waals surface area contributed by atoms with Gasteiger partial charge in [-0.3, -0.25) is 4.79 Å². The molecule has 0 radical (unpaired) electrons. The molecule has 0 amide bonds. The van der Waals surface area contributed by atoms with Gasteiger partial charge in [0.2, 0.25) is 0 Å². The van der Waals surface area contributed by atoms with E-state index in [4.69, 9.17) is 51.1 Å². The van der Waals surface area contributed by atoms with Crippen LogP contribution < -0.4 is 4.74 Å². The smallest absolute Gasteiger partial charge is 0.308 e. The van der Waals surface area contributed by atoms with Gasteiger partial charge >= 0.3 is 5.97 Å².